The van der Waals surface area contributed by atoms with Crippen LogP contribution in [0, 0.1) is 6.92 Å². The molecule has 1 aliphatic carbocycles. The molecule has 0 unspecified atom stereocenters. The van der Waals surface area contributed by atoms with E-state index < -0.39 is 0 Å². The van der Waals surface area contributed by atoms with Crippen LogP contribution in [0.3, 0.4) is 0 Å². The second kappa shape index (κ2) is 9.47. The van der Waals surface area contributed by atoms with Crippen LogP contribution in [-0.2, 0) is 5.41 Å². The van der Waals surface area contributed by atoms with Crippen LogP contribution in [0.4, 0.5) is 0 Å². The Balaban J connectivity index is 1.63. The van der Waals surface area contributed by atoms with E-state index in [1.807, 2.05) is 12.1 Å². The minimum absolute atomic E-state index is 0.0549. The van der Waals surface area contributed by atoms with Crippen molar-refractivity contribution in [1.29, 1.82) is 0 Å². The van der Waals surface area contributed by atoms with Crippen LogP contribution in [0.5, 0.6) is 0 Å². The summed E-state index contributed by atoms with van der Waals surface area (Å²) >= 11 is 0. The zero-order chi connectivity index (χ0) is 27.3. The summed E-state index contributed by atoms with van der Waals surface area (Å²) in [6.07, 6.45) is 0. The summed E-state index contributed by atoms with van der Waals surface area (Å²) in [6.45, 7) is 13.3. The molecule has 2 nitrogen and oxygen atoms in total. The molecule has 1 aromatic heterocycles. The van der Waals surface area contributed by atoms with Gasteiger partial charge in [-0.2, -0.15) is 0 Å². The Morgan fingerprint density at radius 3 is 1.67 bits per heavy atom. The molecule has 192 valence electrons. The maximum absolute atomic E-state index is 5.38. The lowest BCUT2D eigenvalue weighted by Crippen LogP contribution is -2.36. The third kappa shape index (κ3) is 4.21. The number of nitrogens with zero attached hydrogens (tertiary/aromatic N) is 2. The first-order valence-electron chi connectivity index (χ1n) is 13.7. The summed E-state index contributed by atoms with van der Waals surface area (Å²) in [5.41, 5.74) is 14.2. The first-order valence-corrected chi connectivity index (χ1v) is 13.7. The molecule has 0 N–H and O–H groups in total. The lowest BCUT2D eigenvalue weighted by molar-refractivity contribution is 0.659. The second-order valence-corrected chi connectivity index (χ2v) is 11.4. The summed E-state index contributed by atoms with van der Waals surface area (Å²) in [6, 6.07) is 34.6. The fraction of sp³-hybridized carbons (Fsp3) is 0.189. The van der Waals surface area contributed by atoms with E-state index in [9.17, 15) is 0 Å². The van der Waals surface area contributed by atoms with Gasteiger partial charge in [-0.05, 0) is 72.7 Å². The van der Waals surface area contributed by atoms with Gasteiger partial charge in [-0.25, -0.2) is 9.97 Å². The normalized spacial score (nSPS) is 14.0. The number of hydrogen-bond donors (Lipinski definition) is 0. The van der Waals surface area contributed by atoms with E-state index in [-0.39, 0.29) is 5.41 Å². The largest absolute Gasteiger partial charge is 0.244 e. The molecule has 0 aliphatic heterocycles. The van der Waals surface area contributed by atoms with Crippen LogP contribution in [0.2, 0.25) is 0 Å². The van der Waals surface area contributed by atoms with Crippen molar-refractivity contribution in [2.24, 2.45) is 0 Å². The highest BCUT2D eigenvalue weighted by atomic mass is 14.8. The highest BCUT2D eigenvalue weighted by Gasteiger charge is 2.35. The van der Waals surface area contributed by atoms with Gasteiger partial charge in [-0.3, -0.25) is 0 Å². The zero-order valence-corrected chi connectivity index (χ0v) is 23.6. The van der Waals surface area contributed by atoms with Gasteiger partial charge in [0.05, 0.1) is 22.1 Å². The van der Waals surface area contributed by atoms with Crippen molar-refractivity contribution in [3.8, 4) is 33.6 Å². The van der Waals surface area contributed by atoms with E-state index in [2.05, 4.69) is 126 Å². The molecule has 2 heteroatoms. The van der Waals surface area contributed by atoms with E-state index in [0.717, 1.165) is 44.4 Å². The SMILES string of the molecule is CC(C)=c1nc(-c2ccccc2)c(-c2ccccc2)n/c1=C(/C)c1ccc2c(c1)C(C)(C)c1cc(C)ccc1-2. The molecule has 0 spiro atoms. The molecule has 0 amide bonds. The highest BCUT2D eigenvalue weighted by Crippen LogP contribution is 2.49. The smallest absolute Gasteiger partial charge is 0.0973 e. The number of benzene rings is 4. The fourth-order valence-electron chi connectivity index (χ4n) is 5.86. The molecule has 0 atom stereocenters. The first kappa shape index (κ1) is 25.0. The first-order chi connectivity index (χ1) is 18.8. The van der Waals surface area contributed by atoms with Gasteiger partial charge in [0.1, 0.15) is 0 Å². The zero-order valence-electron chi connectivity index (χ0n) is 23.6. The van der Waals surface area contributed by atoms with Crippen LogP contribution in [0.25, 0.3) is 44.8 Å². The van der Waals surface area contributed by atoms with Crippen LogP contribution in [-0.4, -0.2) is 9.97 Å². The van der Waals surface area contributed by atoms with E-state index >= 15 is 0 Å². The van der Waals surface area contributed by atoms with Gasteiger partial charge in [-0.15, -0.1) is 0 Å². The highest BCUT2D eigenvalue weighted by molar-refractivity contribution is 5.83. The predicted octanol–water partition coefficient (Wildman–Crippen LogP) is 7.83. The van der Waals surface area contributed by atoms with Crippen LogP contribution >= 0.6 is 0 Å². The molecule has 0 saturated heterocycles. The molecule has 1 heterocycles. The number of fused-ring (bicyclic) bond motifs is 3. The average Bonchev–Trinajstić information content (AvgIpc) is 3.18. The van der Waals surface area contributed by atoms with Crippen LogP contribution in [0.15, 0.2) is 97.1 Å². The summed E-state index contributed by atoms with van der Waals surface area (Å²) < 4.78 is 0. The van der Waals surface area contributed by atoms with Gasteiger partial charge in [0.2, 0.25) is 0 Å². The van der Waals surface area contributed by atoms with Gasteiger partial charge in [-0.1, -0.05) is 110 Å². The van der Waals surface area contributed by atoms with Crippen molar-refractivity contribution in [1.82, 2.24) is 9.97 Å². The van der Waals surface area contributed by atoms with E-state index in [1.165, 1.54) is 33.4 Å². The maximum atomic E-state index is 5.38. The van der Waals surface area contributed by atoms with Crippen LogP contribution in [0.1, 0.15) is 56.9 Å². The molecular weight excluding hydrogens is 472 g/mol. The molecule has 0 fully saturated rings. The van der Waals surface area contributed by atoms with Crippen molar-refractivity contribution in [2.45, 2.75) is 47.0 Å². The second-order valence-electron chi connectivity index (χ2n) is 11.4. The minimum atomic E-state index is -0.0549. The molecule has 39 heavy (non-hydrogen) atoms. The van der Waals surface area contributed by atoms with Crippen molar-refractivity contribution in [3.05, 3.63) is 130 Å². The van der Waals surface area contributed by atoms with Gasteiger partial charge < -0.3 is 0 Å². The summed E-state index contributed by atoms with van der Waals surface area (Å²) in [7, 11) is 0. The lowest BCUT2D eigenvalue weighted by Gasteiger charge is -2.22. The molecular formula is C37H34N2. The third-order valence-corrected chi connectivity index (χ3v) is 8.08. The number of aryl methyl sites for hydroxylation is 1. The quantitative estimate of drug-likeness (QED) is 0.249. The molecule has 0 saturated carbocycles. The summed E-state index contributed by atoms with van der Waals surface area (Å²) in [5.74, 6) is 0. The maximum Gasteiger partial charge on any atom is 0.0973 e. The predicted molar refractivity (Wildman–Crippen MR) is 164 cm³/mol. The lowest BCUT2D eigenvalue weighted by atomic mass is 9.81. The van der Waals surface area contributed by atoms with Crippen LogP contribution < -0.4 is 10.7 Å². The number of rotatable bonds is 3. The Labute approximate surface area is 231 Å². The van der Waals surface area contributed by atoms with Crippen molar-refractivity contribution >= 4 is 11.1 Å². The Bertz CT molecular complexity index is 1840. The third-order valence-electron chi connectivity index (χ3n) is 8.08. The van der Waals surface area contributed by atoms with Crippen molar-refractivity contribution in [3.63, 3.8) is 0 Å². The summed E-state index contributed by atoms with van der Waals surface area (Å²) in [4.78, 5) is 10.7. The molecule has 5 aromatic rings. The molecule has 0 bridgehead atoms. The fourth-order valence-corrected chi connectivity index (χ4v) is 5.86. The molecule has 4 aromatic carbocycles. The number of hydrogen-bond acceptors (Lipinski definition) is 2. The minimum Gasteiger partial charge on any atom is -0.244 e. The van der Waals surface area contributed by atoms with Gasteiger partial charge in [0.25, 0.3) is 0 Å². The standard InChI is InChI=1S/C37H34N2/c1-23(2)33-34(39-36(27-15-11-8-12-16-27)35(38-33)26-13-9-7-10-14-26)25(4)28-18-20-30-29-19-17-24(3)21-31(29)37(5,6)32(30)22-28/h7-22H,1-6H3/b34-25-. The summed E-state index contributed by atoms with van der Waals surface area (Å²) in [5, 5.41) is 1.89. The van der Waals surface area contributed by atoms with Gasteiger partial charge >= 0.3 is 0 Å². The Morgan fingerprint density at radius 2 is 1.10 bits per heavy atom. The van der Waals surface area contributed by atoms with Gasteiger partial charge in [0.15, 0.2) is 0 Å². The molecule has 0 radical (unpaired) electrons. The monoisotopic (exact) mass is 506 g/mol. The van der Waals surface area contributed by atoms with E-state index in [4.69, 9.17) is 9.97 Å². The number of aromatic nitrogens is 2. The van der Waals surface area contributed by atoms with Gasteiger partial charge in [0, 0.05) is 16.5 Å². The Kier molecular flexibility index (Phi) is 6.07. The van der Waals surface area contributed by atoms with E-state index in [1.54, 1.807) is 0 Å². The average molecular weight is 507 g/mol. The molecule has 6 rings (SSSR count). The van der Waals surface area contributed by atoms with Crippen molar-refractivity contribution in [2.75, 3.05) is 0 Å². The topological polar surface area (TPSA) is 25.8 Å². The van der Waals surface area contributed by atoms with Crippen molar-refractivity contribution < 1.29 is 0 Å². The Morgan fingerprint density at radius 1 is 0.590 bits per heavy atom. The molecule has 1 aliphatic rings. The Hall–Kier alpha value is -4.30. The van der Waals surface area contributed by atoms with E-state index in [0.29, 0.717) is 0 Å².